The number of nitro groups is 1. The first kappa shape index (κ1) is 24.1. The summed E-state index contributed by atoms with van der Waals surface area (Å²) in [6, 6.07) is 28.6. The predicted molar refractivity (Wildman–Crippen MR) is 153 cm³/mol. The normalized spacial score (nSPS) is 12.7. The molecule has 0 atom stereocenters. The molecular weight excluding hydrogens is 520 g/mol. The number of carbonyl (C=O) groups is 3. The van der Waals surface area contributed by atoms with Gasteiger partial charge < -0.3 is 4.98 Å². The van der Waals surface area contributed by atoms with Crippen LogP contribution in [0.5, 0.6) is 0 Å². The molecule has 9 heteroatoms. The van der Waals surface area contributed by atoms with Crippen LogP contribution < -0.4 is 4.90 Å². The number of non-ortho nitro benzene ring substituents is 1. The summed E-state index contributed by atoms with van der Waals surface area (Å²) in [4.78, 5) is 59.0. The number of nitrogens with one attached hydrogen (secondary N) is 1. The summed E-state index contributed by atoms with van der Waals surface area (Å²) in [6.45, 7) is 0. The second-order valence-corrected chi connectivity index (χ2v) is 9.69. The third-order valence-electron chi connectivity index (χ3n) is 7.24. The first-order chi connectivity index (χ1) is 19.9. The van der Waals surface area contributed by atoms with Crippen LogP contribution in [0.4, 0.5) is 11.4 Å². The number of benzene rings is 5. The van der Waals surface area contributed by atoms with E-state index in [1.54, 1.807) is 24.3 Å². The highest BCUT2D eigenvalue weighted by Gasteiger charge is 2.37. The summed E-state index contributed by atoms with van der Waals surface area (Å²) in [6.07, 6.45) is 0. The number of imidazole rings is 1. The quantitative estimate of drug-likeness (QED) is 0.118. The van der Waals surface area contributed by atoms with Crippen LogP contribution >= 0.6 is 0 Å². The van der Waals surface area contributed by atoms with Crippen LogP contribution in [0.1, 0.15) is 36.6 Å². The summed E-state index contributed by atoms with van der Waals surface area (Å²) < 4.78 is 0. The Balaban J connectivity index is 1.16. The highest BCUT2D eigenvalue weighted by atomic mass is 16.6. The van der Waals surface area contributed by atoms with Crippen molar-refractivity contribution >= 4 is 50.8 Å². The maximum Gasteiger partial charge on any atom is 0.269 e. The molecule has 0 bridgehead atoms. The van der Waals surface area contributed by atoms with Crippen molar-refractivity contribution in [2.45, 2.75) is 0 Å². The Morgan fingerprint density at radius 3 is 2.12 bits per heavy atom. The molecule has 0 saturated carbocycles. The van der Waals surface area contributed by atoms with Gasteiger partial charge in [-0.3, -0.25) is 24.5 Å². The minimum absolute atomic E-state index is 0.121. The number of aromatic nitrogens is 2. The van der Waals surface area contributed by atoms with Crippen molar-refractivity contribution in [3.8, 4) is 11.4 Å². The van der Waals surface area contributed by atoms with Gasteiger partial charge in [-0.1, -0.05) is 30.3 Å². The van der Waals surface area contributed by atoms with Crippen LogP contribution in [-0.4, -0.2) is 32.5 Å². The zero-order valence-electron chi connectivity index (χ0n) is 21.2. The molecule has 0 saturated heterocycles. The number of hydrogen-bond acceptors (Lipinski definition) is 6. The van der Waals surface area contributed by atoms with Crippen LogP contribution in [-0.2, 0) is 0 Å². The van der Waals surface area contributed by atoms with E-state index >= 15 is 0 Å². The minimum Gasteiger partial charge on any atom is -0.338 e. The summed E-state index contributed by atoms with van der Waals surface area (Å²) in [7, 11) is 0. The molecular formula is C32H18N4O5. The number of H-pyrrole nitrogens is 1. The lowest BCUT2D eigenvalue weighted by atomic mass is 9.99. The van der Waals surface area contributed by atoms with E-state index in [4.69, 9.17) is 4.98 Å². The topological polar surface area (TPSA) is 126 Å². The third-order valence-corrected chi connectivity index (χ3v) is 7.24. The summed E-state index contributed by atoms with van der Waals surface area (Å²) in [5.41, 5.74) is 3.55. The molecule has 7 rings (SSSR count). The summed E-state index contributed by atoms with van der Waals surface area (Å²) in [5, 5.41) is 13.1. The van der Waals surface area contributed by atoms with Gasteiger partial charge in [-0.25, -0.2) is 9.88 Å². The largest absolute Gasteiger partial charge is 0.338 e. The Morgan fingerprint density at radius 1 is 0.756 bits per heavy atom. The Labute approximate surface area is 231 Å². The summed E-state index contributed by atoms with van der Waals surface area (Å²) >= 11 is 0. The van der Waals surface area contributed by atoms with Gasteiger partial charge >= 0.3 is 0 Å². The van der Waals surface area contributed by atoms with Crippen LogP contribution in [0.2, 0.25) is 0 Å². The van der Waals surface area contributed by atoms with Crippen LogP contribution in [0, 0.1) is 10.1 Å². The Bertz CT molecular complexity index is 2030. The molecule has 0 aliphatic carbocycles. The molecule has 2 heterocycles. The average molecular weight is 539 g/mol. The molecule has 0 spiro atoms. The van der Waals surface area contributed by atoms with Gasteiger partial charge in [0.2, 0.25) is 0 Å². The number of nitro benzene ring substituents is 1. The van der Waals surface area contributed by atoms with Crippen molar-refractivity contribution in [2.24, 2.45) is 0 Å². The van der Waals surface area contributed by atoms with Gasteiger partial charge in [-0.2, -0.15) is 0 Å². The zero-order chi connectivity index (χ0) is 28.2. The first-order valence-electron chi connectivity index (χ1n) is 12.7. The maximum atomic E-state index is 13.3. The molecule has 5 aromatic carbocycles. The van der Waals surface area contributed by atoms with E-state index in [-0.39, 0.29) is 27.9 Å². The number of amides is 2. The highest BCUT2D eigenvalue weighted by Crippen LogP contribution is 2.32. The van der Waals surface area contributed by atoms with E-state index in [1.807, 2.05) is 30.3 Å². The molecule has 1 N–H and O–H groups in total. The number of anilines is 1. The van der Waals surface area contributed by atoms with Gasteiger partial charge in [0, 0.05) is 28.8 Å². The molecule has 0 unspecified atom stereocenters. The van der Waals surface area contributed by atoms with Crippen molar-refractivity contribution in [3.05, 3.63) is 135 Å². The summed E-state index contributed by atoms with van der Waals surface area (Å²) in [5.74, 6) is -0.767. The lowest BCUT2D eigenvalue weighted by Crippen LogP contribution is -2.29. The minimum atomic E-state index is -0.548. The second-order valence-electron chi connectivity index (χ2n) is 9.69. The molecule has 0 fully saturated rings. The van der Waals surface area contributed by atoms with Gasteiger partial charge in [-0.15, -0.1) is 0 Å². The van der Waals surface area contributed by atoms with Crippen molar-refractivity contribution < 1.29 is 19.3 Å². The van der Waals surface area contributed by atoms with E-state index in [9.17, 15) is 24.5 Å². The van der Waals surface area contributed by atoms with Crippen molar-refractivity contribution in [3.63, 3.8) is 0 Å². The molecule has 1 aliphatic heterocycles. The van der Waals surface area contributed by atoms with Crippen molar-refractivity contribution in [1.82, 2.24) is 9.97 Å². The molecule has 2 amide bonds. The van der Waals surface area contributed by atoms with Gasteiger partial charge in [0.15, 0.2) is 5.78 Å². The molecule has 196 valence electrons. The lowest BCUT2D eigenvalue weighted by Gasteiger charge is -2.14. The van der Waals surface area contributed by atoms with Gasteiger partial charge in [0.05, 0.1) is 32.8 Å². The zero-order valence-corrected chi connectivity index (χ0v) is 21.2. The predicted octanol–water partition coefficient (Wildman–Crippen LogP) is 6.32. The first-order valence-corrected chi connectivity index (χ1v) is 12.7. The molecule has 1 aliphatic rings. The Morgan fingerprint density at radius 2 is 1.41 bits per heavy atom. The van der Waals surface area contributed by atoms with E-state index < -0.39 is 22.5 Å². The van der Waals surface area contributed by atoms with E-state index in [2.05, 4.69) is 11.1 Å². The number of hydrogen-bond donors (Lipinski definition) is 1. The number of fused-ring (bicyclic) bond motifs is 3. The number of carbonyl (C=O) groups excluding carboxylic acids is 3. The number of aromatic amines is 1. The Kier molecular flexibility index (Phi) is 5.33. The van der Waals surface area contributed by atoms with Crippen LogP contribution in [0.15, 0.2) is 103 Å². The average Bonchev–Trinajstić information content (AvgIpc) is 3.52. The number of ketones is 1. The second kappa shape index (κ2) is 9.06. The molecule has 41 heavy (non-hydrogen) atoms. The monoisotopic (exact) mass is 538 g/mol. The van der Waals surface area contributed by atoms with Crippen LogP contribution in [0.25, 0.3) is 33.2 Å². The lowest BCUT2D eigenvalue weighted by molar-refractivity contribution is -0.384. The molecule has 1 aromatic heterocycles. The van der Waals surface area contributed by atoms with Gasteiger partial charge in [0.1, 0.15) is 5.82 Å². The smallest absolute Gasteiger partial charge is 0.269 e. The van der Waals surface area contributed by atoms with Gasteiger partial charge in [0.25, 0.3) is 17.5 Å². The number of rotatable bonds is 5. The molecule has 9 nitrogen and oxygen atoms in total. The fraction of sp³-hybridized carbons (Fsp3) is 0. The molecule has 6 aromatic rings. The van der Waals surface area contributed by atoms with E-state index in [0.717, 1.165) is 32.3 Å². The maximum absolute atomic E-state index is 13.3. The Hall–Kier alpha value is -5.96. The van der Waals surface area contributed by atoms with E-state index in [1.165, 1.54) is 42.5 Å². The van der Waals surface area contributed by atoms with Crippen molar-refractivity contribution in [2.75, 3.05) is 4.90 Å². The SMILES string of the molecule is O=C(c1ccc([N+](=O)[O-])cc1)c1ccc2c(c1)C(=O)N(c1ccc(-c3nc4cc5ccccc5cc4[nH]3)cc1)C2=O. The van der Waals surface area contributed by atoms with E-state index in [0.29, 0.717) is 11.5 Å². The number of nitrogens with zero attached hydrogens (tertiary/aromatic N) is 3. The fourth-order valence-corrected chi connectivity index (χ4v) is 5.12. The van der Waals surface area contributed by atoms with Crippen molar-refractivity contribution in [1.29, 1.82) is 0 Å². The third kappa shape index (κ3) is 3.95. The van der Waals surface area contributed by atoms with Crippen LogP contribution in [0.3, 0.4) is 0 Å². The van der Waals surface area contributed by atoms with Gasteiger partial charge in [-0.05, 0) is 71.4 Å². The standard InChI is InChI=1S/C32H18N4O5/c37-29(18-5-12-24(13-6-18)36(40)41)22-9-14-25-26(15-22)32(39)35(31(25)38)23-10-7-19(8-11-23)30-33-27-16-20-3-1-2-4-21(20)17-28(27)34-30/h1-17H,(H,33,34). The molecule has 0 radical (unpaired) electrons. The number of imide groups is 1. The fourth-order valence-electron chi connectivity index (χ4n) is 5.12. The highest BCUT2D eigenvalue weighted by molar-refractivity contribution is 6.35.